The molecular formula is C17H14Cl2N4O3S. The predicted octanol–water partition coefficient (Wildman–Crippen LogP) is 5.22. The van der Waals surface area contributed by atoms with Crippen molar-refractivity contribution < 1.29 is 9.34 Å². The van der Waals surface area contributed by atoms with Crippen molar-refractivity contribution in [1.29, 1.82) is 0 Å². The van der Waals surface area contributed by atoms with Gasteiger partial charge in [-0.05, 0) is 38.1 Å². The molecule has 1 aromatic carbocycles. The van der Waals surface area contributed by atoms with E-state index < -0.39 is 4.92 Å². The van der Waals surface area contributed by atoms with Crippen LogP contribution in [0.4, 0.5) is 5.88 Å². The Balaban J connectivity index is 2.09. The van der Waals surface area contributed by atoms with Crippen molar-refractivity contribution in [2.24, 2.45) is 10.1 Å². The van der Waals surface area contributed by atoms with Crippen LogP contribution >= 0.6 is 34.5 Å². The molecule has 0 aliphatic carbocycles. The third kappa shape index (κ3) is 4.47. The van der Waals surface area contributed by atoms with Crippen molar-refractivity contribution in [3.63, 3.8) is 0 Å². The SMILES string of the molecule is CC(C)N=c1scc(-c2ccc(Cl)cc2Cl)n1N=Cc1ccc([N+](=O)[O-])o1. The van der Waals surface area contributed by atoms with E-state index in [0.717, 1.165) is 11.3 Å². The van der Waals surface area contributed by atoms with Crippen LogP contribution in [0.3, 0.4) is 0 Å². The predicted molar refractivity (Wildman–Crippen MR) is 107 cm³/mol. The van der Waals surface area contributed by atoms with E-state index in [-0.39, 0.29) is 17.7 Å². The van der Waals surface area contributed by atoms with Crippen molar-refractivity contribution in [1.82, 2.24) is 4.68 Å². The van der Waals surface area contributed by atoms with Gasteiger partial charge in [0.1, 0.15) is 4.92 Å². The van der Waals surface area contributed by atoms with Crippen LogP contribution in [-0.4, -0.2) is 21.9 Å². The number of nitro groups is 1. The summed E-state index contributed by atoms with van der Waals surface area (Å²) in [4.78, 5) is 15.4. The summed E-state index contributed by atoms with van der Waals surface area (Å²) >= 11 is 13.7. The summed E-state index contributed by atoms with van der Waals surface area (Å²) in [5.74, 6) is -0.0936. The lowest BCUT2D eigenvalue weighted by Gasteiger charge is -2.06. The molecule has 0 N–H and O–H groups in total. The zero-order chi connectivity index (χ0) is 19.6. The second-order valence-corrected chi connectivity index (χ2v) is 7.42. The molecule has 3 rings (SSSR count). The van der Waals surface area contributed by atoms with Crippen LogP contribution in [0.5, 0.6) is 0 Å². The largest absolute Gasteiger partial charge is 0.433 e. The molecule has 27 heavy (non-hydrogen) atoms. The molecule has 0 aliphatic heterocycles. The number of hydrogen-bond donors (Lipinski definition) is 0. The summed E-state index contributed by atoms with van der Waals surface area (Å²) < 4.78 is 6.74. The highest BCUT2D eigenvalue weighted by Gasteiger charge is 2.13. The fourth-order valence-electron chi connectivity index (χ4n) is 2.23. The average molecular weight is 425 g/mol. The molecule has 3 aromatic rings. The first-order valence-corrected chi connectivity index (χ1v) is 9.47. The van der Waals surface area contributed by atoms with Gasteiger partial charge in [0.05, 0.1) is 23.0 Å². The number of aromatic nitrogens is 1. The van der Waals surface area contributed by atoms with Gasteiger partial charge in [-0.25, -0.2) is 4.68 Å². The molecule has 0 unspecified atom stereocenters. The molecule has 0 saturated carbocycles. The summed E-state index contributed by atoms with van der Waals surface area (Å²) in [6.45, 7) is 3.91. The lowest BCUT2D eigenvalue weighted by molar-refractivity contribution is -0.402. The standard InChI is InChI=1S/C17H14Cl2N4O3S/c1-10(2)21-17-22(20-8-12-4-6-16(26-12)23(24)25)15(9-27-17)13-5-3-11(18)7-14(13)19/h3-10H,1-2H3. The minimum atomic E-state index is -0.604. The Hall–Kier alpha value is -2.42. The van der Waals surface area contributed by atoms with Gasteiger partial charge in [-0.2, -0.15) is 5.10 Å². The zero-order valence-electron chi connectivity index (χ0n) is 14.3. The molecule has 0 aliphatic rings. The Labute approximate surface area is 168 Å². The number of thiazole rings is 1. The van der Waals surface area contributed by atoms with E-state index >= 15 is 0 Å². The van der Waals surface area contributed by atoms with Gasteiger partial charge in [0, 0.05) is 22.0 Å². The normalized spacial score (nSPS) is 12.4. The third-order valence-electron chi connectivity index (χ3n) is 3.35. The number of furan rings is 1. The van der Waals surface area contributed by atoms with E-state index in [1.807, 2.05) is 19.2 Å². The summed E-state index contributed by atoms with van der Waals surface area (Å²) in [6, 6.07) is 8.00. The molecule has 140 valence electrons. The van der Waals surface area contributed by atoms with E-state index in [1.165, 1.54) is 29.7 Å². The minimum absolute atomic E-state index is 0.0586. The van der Waals surface area contributed by atoms with Gasteiger partial charge < -0.3 is 4.42 Å². The molecule has 0 spiro atoms. The topological polar surface area (TPSA) is 85.9 Å². The summed E-state index contributed by atoms with van der Waals surface area (Å²) in [5, 5.41) is 18.1. The van der Waals surface area contributed by atoms with Crippen molar-refractivity contribution in [2.75, 3.05) is 0 Å². The second-order valence-electron chi connectivity index (χ2n) is 5.74. The van der Waals surface area contributed by atoms with E-state index in [1.54, 1.807) is 22.9 Å². The summed E-state index contributed by atoms with van der Waals surface area (Å²) in [5.41, 5.74) is 1.46. The van der Waals surface area contributed by atoms with E-state index in [2.05, 4.69) is 10.1 Å². The van der Waals surface area contributed by atoms with Gasteiger partial charge in [-0.1, -0.05) is 23.2 Å². The van der Waals surface area contributed by atoms with Crippen LogP contribution in [0.1, 0.15) is 19.6 Å². The number of halogens is 2. The van der Waals surface area contributed by atoms with Crippen LogP contribution in [0, 0.1) is 10.1 Å². The maximum Gasteiger partial charge on any atom is 0.433 e. The Morgan fingerprint density at radius 1 is 1.30 bits per heavy atom. The van der Waals surface area contributed by atoms with E-state index in [0.29, 0.717) is 14.8 Å². The molecule has 0 radical (unpaired) electrons. The molecule has 2 heterocycles. The van der Waals surface area contributed by atoms with Crippen LogP contribution in [0.15, 0.2) is 50.2 Å². The van der Waals surface area contributed by atoms with Gasteiger partial charge in [0.2, 0.25) is 4.80 Å². The van der Waals surface area contributed by atoms with Gasteiger partial charge in [0.15, 0.2) is 5.76 Å². The smallest absolute Gasteiger partial charge is 0.400 e. The highest BCUT2D eigenvalue weighted by Crippen LogP contribution is 2.30. The number of hydrogen-bond acceptors (Lipinski definition) is 6. The fourth-order valence-corrected chi connectivity index (χ4v) is 3.69. The zero-order valence-corrected chi connectivity index (χ0v) is 16.6. The molecular weight excluding hydrogens is 411 g/mol. The quantitative estimate of drug-likeness (QED) is 0.319. The van der Waals surface area contributed by atoms with Gasteiger partial charge in [0.25, 0.3) is 0 Å². The van der Waals surface area contributed by atoms with Crippen molar-refractivity contribution in [3.05, 3.63) is 66.4 Å². The number of nitrogens with zero attached hydrogens (tertiary/aromatic N) is 4. The van der Waals surface area contributed by atoms with Crippen molar-refractivity contribution in [2.45, 2.75) is 19.9 Å². The molecule has 0 bridgehead atoms. The second kappa shape index (κ2) is 8.08. The third-order valence-corrected chi connectivity index (χ3v) is 4.73. The fraction of sp³-hybridized carbons (Fsp3) is 0.176. The minimum Gasteiger partial charge on any atom is -0.400 e. The lowest BCUT2D eigenvalue weighted by Crippen LogP contribution is -2.14. The maximum atomic E-state index is 10.7. The van der Waals surface area contributed by atoms with Crippen LogP contribution < -0.4 is 4.80 Å². The van der Waals surface area contributed by atoms with Gasteiger partial charge in [-0.15, -0.1) is 11.3 Å². The van der Waals surface area contributed by atoms with Crippen LogP contribution in [0.25, 0.3) is 11.3 Å². The first-order valence-electron chi connectivity index (χ1n) is 7.83. The van der Waals surface area contributed by atoms with E-state index in [4.69, 9.17) is 27.6 Å². The summed E-state index contributed by atoms with van der Waals surface area (Å²) in [7, 11) is 0. The highest BCUT2D eigenvalue weighted by atomic mass is 35.5. The first kappa shape index (κ1) is 19.3. The Kier molecular flexibility index (Phi) is 5.79. The Morgan fingerprint density at radius 2 is 2.07 bits per heavy atom. The van der Waals surface area contributed by atoms with Crippen molar-refractivity contribution in [3.8, 4) is 11.3 Å². The number of rotatable bonds is 5. The highest BCUT2D eigenvalue weighted by molar-refractivity contribution is 7.07. The number of benzene rings is 1. The molecule has 0 atom stereocenters. The molecule has 0 amide bonds. The molecule has 10 heteroatoms. The molecule has 2 aromatic heterocycles. The van der Waals surface area contributed by atoms with Crippen LogP contribution in [-0.2, 0) is 0 Å². The van der Waals surface area contributed by atoms with Crippen LogP contribution in [0.2, 0.25) is 10.0 Å². The van der Waals surface area contributed by atoms with E-state index in [9.17, 15) is 10.1 Å². The molecule has 0 saturated heterocycles. The van der Waals surface area contributed by atoms with Crippen molar-refractivity contribution >= 4 is 46.6 Å². The maximum absolute atomic E-state index is 10.7. The Morgan fingerprint density at radius 3 is 2.70 bits per heavy atom. The molecule has 0 fully saturated rings. The Bertz CT molecular complexity index is 1080. The lowest BCUT2D eigenvalue weighted by atomic mass is 10.2. The summed E-state index contributed by atoms with van der Waals surface area (Å²) in [6.07, 6.45) is 1.40. The average Bonchev–Trinajstić information content (AvgIpc) is 3.20. The van der Waals surface area contributed by atoms with Gasteiger partial charge >= 0.3 is 5.88 Å². The monoisotopic (exact) mass is 424 g/mol. The van der Waals surface area contributed by atoms with Gasteiger partial charge in [-0.3, -0.25) is 15.1 Å². The molecule has 7 nitrogen and oxygen atoms in total. The first-order chi connectivity index (χ1) is 12.8.